The van der Waals surface area contributed by atoms with Gasteiger partial charge in [-0.2, -0.15) is 13.2 Å². The van der Waals surface area contributed by atoms with E-state index in [-0.39, 0.29) is 13.0 Å². The highest BCUT2D eigenvalue weighted by atomic mass is 19.4. The van der Waals surface area contributed by atoms with Crippen LogP contribution >= 0.6 is 0 Å². The molecular weight excluding hydrogens is 405 g/mol. The number of hydrogen-bond acceptors (Lipinski definition) is 3. The third kappa shape index (κ3) is 5.49. The molecule has 7 heteroatoms. The first-order chi connectivity index (χ1) is 14.7. The monoisotopic (exact) mass is 428 g/mol. The van der Waals surface area contributed by atoms with Gasteiger partial charge < -0.3 is 10.0 Å². The summed E-state index contributed by atoms with van der Waals surface area (Å²) in [5.41, 5.74) is 2.71. The van der Waals surface area contributed by atoms with E-state index in [1.807, 2.05) is 26.0 Å². The van der Waals surface area contributed by atoms with Gasteiger partial charge in [0.15, 0.2) is 6.10 Å². The number of hydrogen-bond donors (Lipinski definition) is 1. The Labute approximate surface area is 179 Å². The Morgan fingerprint density at radius 3 is 2.32 bits per heavy atom. The lowest BCUT2D eigenvalue weighted by Gasteiger charge is -2.26. The summed E-state index contributed by atoms with van der Waals surface area (Å²) in [6.45, 7) is 4.03. The molecule has 0 radical (unpaired) electrons. The number of aromatic nitrogens is 1. The number of anilines is 1. The van der Waals surface area contributed by atoms with E-state index < -0.39 is 23.8 Å². The Kier molecular flexibility index (Phi) is 6.75. The molecule has 162 valence electrons. The minimum atomic E-state index is -4.45. The van der Waals surface area contributed by atoms with Crippen molar-refractivity contribution in [1.29, 1.82) is 0 Å². The Hall–Kier alpha value is -3.19. The number of rotatable bonds is 6. The molecule has 1 atom stereocenters. The van der Waals surface area contributed by atoms with Crippen molar-refractivity contribution in [3.8, 4) is 0 Å². The smallest absolute Gasteiger partial charge is 0.378 e. The third-order valence-electron chi connectivity index (χ3n) is 5.16. The molecule has 0 aliphatic carbocycles. The van der Waals surface area contributed by atoms with E-state index in [9.17, 15) is 23.1 Å². The predicted octanol–water partition coefficient (Wildman–Crippen LogP) is 5.03. The summed E-state index contributed by atoms with van der Waals surface area (Å²) in [4.78, 5) is 18.5. The standard InChI is InChI=1S/C24H23F3N2O2/c1-16-8-11-21(14-17(16)2)29(23(31)22(30)18-6-4-3-5-7-18)13-12-20-10-9-19(15-28-20)24(25,26)27/h3-11,14-15,22,30H,12-13H2,1-2H3. The zero-order valence-electron chi connectivity index (χ0n) is 17.2. The first-order valence-electron chi connectivity index (χ1n) is 9.80. The minimum Gasteiger partial charge on any atom is -0.378 e. The van der Waals surface area contributed by atoms with Gasteiger partial charge in [0.25, 0.3) is 5.91 Å². The lowest BCUT2D eigenvalue weighted by Crippen LogP contribution is -2.37. The molecule has 3 rings (SSSR count). The van der Waals surface area contributed by atoms with E-state index >= 15 is 0 Å². The molecule has 0 spiro atoms. The number of carbonyl (C=O) groups is 1. The summed E-state index contributed by atoms with van der Waals surface area (Å²) in [5.74, 6) is -0.513. The van der Waals surface area contributed by atoms with E-state index in [4.69, 9.17) is 0 Å². The number of aryl methyl sites for hydroxylation is 2. The van der Waals surface area contributed by atoms with Gasteiger partial charge in [-0.05, 0) is 54.8 Å². The summed E-state index contributed by atoms with van der Waals surface area (Å²) in [7, 11) is 0. The van der Waals surface area contributed by atoms with Crippen LogP contribution in [0.15, 0.2) is 66.9 Å². The summed E-state index contributed by atoms with van der Waals surface area (Å²) in [5, 5.41) is 10.6. The maximum absolute atomic E-state index is 13.2. The van der Waals surface area contributed by atoms with Gasteiger partial charge in [0.05, 0.1) is 5.56 Å². The Bertz CT molecular complexity index is 1030. The summed E-state index contributed by atoms with van der Waals surface area (Å²) < 4.78 is 38.3. The average molecular weight is 428 g/mol. The van der Waals surface area contributed by atoms with Crippen molar-refractivity contribution in [2.45, 2.75) is 32.5 Å². The molecule has 0 bridgehead atoms. The molecule has 1 amide bonds. The molecule has 0 aliphatic heterocycles. The van der Waals surface area contributed by atoms with Crippen LogP contribution in [0.5, 0.6) is 0 Å². The normalized spacial score (nSPS) is 12.5. The van der Waals surface area contributed by atoms with Crippen LogP contribution in [0, 0.1) is 13.8 Å². The highest BCUT2D eigenvalue weighted by Crippen LogP contribution is 2.29. The second-order valence-electron chi connectivity index (χ2n) is 7.36. The number of carbonyl (C=O) groups excluding carboxylic acids is 1. The molecule has 0 aliphatic rings. The van der Waals surface area contributed by atoms with E-state index in [0.717, 1.165) is 23.4 Å². The van der Waals surface area contributed by atoms with Crippen LogP contribution in [-0.2, 0) is 17.4 Å². The number of halogens is 3. The molecule has 2 aromatic carbocycles. The van der Waals surface area contributed by atoms with Crippen molar-refractivity contribution < 1.29 is 23.1 Å². The molecule has 4 nitrogen and oxygen atoms in total. The first-order valence-corrected chi connectivity index (χ1v) is 9.80. The van der Waals surface area contributed by atoms with Gasteiger partial charge >= 0.3 is 6.18 Å². The summed E-state index contributed by atoms with van der Waals surface area (Å²) in [6, 6.07) is 16.4. The number of aliphatic hydroxyl groups excluding tert-OH is 1. The van der Waals surface area contributed by atoms with Crippen LogP contribution in [0.4, 0.5) is 18.9 Å². The molecule has 1 heterocycles. The number of pyridine rings is 1. The maximum atomic E-state index is 13.2. The van der Waals surface area contributed by atoms with Crippen molar-refractivity contribution >= 4 is 11.6 Å². The molecule has 1 unspecified atom stereocenters. The zero-order chi connectivity index (χ0) is 22.6. The lowest BCUT2D eigenvalue weighted by atomic mass is 10.1. The molecular formula is C24H23F3N2O2. The fourth-order valence-corrected chi connectivity index (χ4v) is 3.15. The van der Waals surface area contributed by atoms with Crippen molar-refractivity contribution in [3.63, 3.8) is 0 Å². The van der Waals surface area contributed by atoms with Gasteiger partial charge in [0.2, 0.25) is 0 Å². The zero-order valence-corrected chi connectivity index (χ0v) is 17.2. The fourth-order valence-electron chi connectivity index (χ4n) is 3.15. The molecule has 0 fully saturated rings. The number of aliphatic hydroxyl groups is 1. The summed E-state index contributed by atoms with van der Waals surface area (Å²) >= 11 is 0. The molecule has 31 heavy (non-hydrogen) atoms. The Morgan fingerprint density at radius 2 is 1.74 bits per heavy atom. The van der Waals surface area contributed by atoms with E-state index in [2.05, 4.69) is 4.98 Å². The topological polar surface area (TPSA) is 53.4 Å². The SMILES string of the molecule is Cc1ccc(N(CCc2ccc(C(F)(F)F)cn2)C(=O)C(O)c2ccccc2)cc1C. The van der Waals surface area contributed by atoms with Crippen LogP contribution in [0.25, 0.3) is 0 Å². The van der Waals surface area contributed by atoms with E-state index in [0.29, 0.717) is 16.9 Å². The second kappa shape index (κ2) is 9.31. The van der Waals surface area contributed by atoms with Crippen LogP contribution in [0.2, 0.25) is 0 Å². The van der Waals surface area contributed by atoms with Crippen LogP contribution in [0.3, 0.4) is 0 Å². The van der Waals surface area contributed by atoms with Gasteiger partial charge in [-0.3, -0.25) is 9.78 Å². The third-order valence-corrected chi connectivity index (χ3v) is 5.16. The number of amides is 1. The number of nitrogens with zero attached hydrogens (tertiary/aromatic N) is 2. The lowest BCUT2D eigenvalue weighted by molar-refractivity contribution is -0.137. The van der Waals surface area contributed by atoms with Gasteiger partial charge in [0.1, 0.15) is 0 Å². The number of benzene rings is 2. The minimum absolute atomic E-state index is 0.156. The Balaban J connectivity index is 1.85. The van der Waals surface area contributed by atoms with Crippen LogP contribution < -0.4 is 4.90 Å². The summed E-state index contributed by atoms with van der Waals surface area (Å²) in [6.07, 6.45) is -4.79. The average Bonchev–Trinajstić information content (AvgIpc) is 2.76. The molecule has 0 saturated carbocycles. The molecule has 1 aromatic heterocycles. The van der Waals surface area contributed by atoms with E-state index in [1.54, 1.807) is 36.4 Å². The second-order valence-corrected chi connectivity index (χ2v) is 7.36. The first kappa shape index (κ1) is 22.5. The van der Waals surface area contributed by atoms with Gasteiger partial charge in [0, 0.05) is 30.5 Å². The van der Waals surface area contributed by atoms with Crippen LogP contribution in [-0.4, -0.2) is 22.5 Å². The molecule has 0 saturated heterocycles. The predicted molar refractivity (Wildman–Crippen MR) is 113 cm³/mol. The van der Waals surface area contributed by atoms with E-state index in [1.165, 1.54) is 11.0 Å². The van der Waals surface area contributed by atoms with Crippen molar-refractivity contribution in [2.24, 2.45) is 0 Å². The highest BCUT2D eigenvalue weighted by Gasteiger charge is 2.31. The highest BCUT2D eigenvalue weighted by molar-refractivity contribution is 5.97. The molecule has 3 aromatic rings. The van der Waals surface area contributed by atoms with Gasteiger partial charge in [-0.15, -0.1) is 0 Å². The largest absolute Gasteiger partial charge is 0.417 e. The van der Waals surface area contributed by atoms with Gasteiger partial charge in [-0.25, -0.2) is 0 Å². The fraction of sp³-hybridized carbons (Fsp3) is 0.250. The number of alkyl halides is 3. The van der Waals surface area contributed by atoms with Crippen molar-refractivity contribution in [1.82, 2.24) is 4.98 Å². The van der Waals surface area contributed by atoms with Crippen molar-refractivity contribution in [2.75, 3.05) is 11.4 Å². The quantitative estimate of drug-likeness (QED) is 0.599. The van der Waals surface area contributed by atoms with Crippen molar-refractivity contribution in [3.05, 3.63) is 94.8 Å². The van der Waals surface area contributed by atoms with Gasteiger partial charge in [-0.1, -0.05) is 36.4 Å². The molecule has 1 N–H and O–H groups in total. The maximum Gasteiger partial charge on any atom is 0.417 e. The van der Waals surface area contributed by atoms with Crippen LogP contribution in [0.1, 0.15) is 34.1 Å². The Morgan fingerprint density at radius 1 is 1.03 bits per heavy atom.